The second kappa shape index (κ2) is 5.31. The first-order valence-electron chi connectivity index (χ1n) is 6.29. The molecule has 0 aliphatic heterocycles. The van der Waals surface area contributed by atoms with Crippen LogP contribution in [0.5, 0.6) is 5.75 Å². The molecule has 102 valence electrons. The summed E-state index contributed by atoms with van der Waals surface area (Å²) in [6.07, 6.45) is 0. The highest BCUT2D eigenvalue weighted by Crippen LogP contribution is 2.36. The molecular weight excluding hydrogens is 256 g/mol. The SMILES string of the molecule is COc1ccc(C(C)(C)C)cc1-c1nc(CN)cs1. The summed E-state index contributed by atoms with van der Waals surface area (Å²) in [4.78, 5) is 4.54. The number of hydrogen-bond donors (Lipinski definition) is 1. The van der Waals surface area contributed by atoms with Gasteiger partial charge in [0.25, 0.3) is 0 Å². The molecule has 2 rings (SSSR count). The third-order valence-electron chi connectivity index (χ3n) is 3.06. The Kier molecular flexibility index (Phi) is 3.92. The van der Waals surface area contributed by atoms with Gasteiger partial charge in [-0.15, -0.1) is 11.3 Å². The van der Waals surface area contributed by atoms with E-state index in [1.54, 1.807) is 18.4 Å². The van der Waals surface area contributed by atoms with Crippen LogP contribution in [0.25, 0.3) is 10.6 Å². The van der Waals surface area contributed by atoms with Crippen LogP contribution in [0.15, 0.2) is 23.6 Å². The summed E-state index contributed by atoms with van der Waals surface area (Å²) in [6, 6.07) is 6.29. The first-order chi connectivity index (χ1) is 8.95. The van der Waals surface area contributed by atoms with Crippen LogP contribution in [0, 0.1) is 0 Å². The molecule has 2 aromatic rings. The van der Waals surface area contributed by atoms with Crippen molar-refractivity contribution < 1.29 is 4.74 Å². The summed E-state index contributed by atoms with van der Waals surface area (Å²) in [7, 11) is 1.69. The lowest BCUT2D eigenvalue weighted by Gasteiger charge is -2.20. The molecule has 3 nitrogen and oxygen atoms in total. The van der Waals surface area contributed by atoms with E-state index in [-0.39, 0.29) is 5.41 Å². The Morgan fingerprint density at radius 3 is 2.58 bits per heavy atom. The molecule has 19 heavy (non-hydrogen) atoms. The first-order valence-corrected chi connectivity index (χ1v) is 7.17. The maximum Gasteiger partial charge on any atom is 0.129 e. The molecule has 0 radical (unpaired) electrons. The molecule has 0 atom stereocenters. The summed E-state index contributed by atoms with van der Waals surface area (Å²) < 4.78 is 5.45. The average Bonchev–Trinajstić information content (AvgIpc) is 2.85. The minimum Gasteiger partial charge on any atom is -0.496 e. The van der Waals surface area contributed by atoms with E-state index in [0.29, 0.717) is 6.54 Å². The minimum absolute atomic E-state index is 0.106. The van der Waals surface area contributed by atoms with Crippen molar-refractivity contribution in [2.75, 3.05) is 7.11 Å². The monoisotopic (exact) mass is 276 g/mol. The zero-order valence-electron chi connectivity index (χ0n) is 11.9. The standard InChI is InChI=1S/C15H20N2OS/c1-15(2,3)10-5-6-13(18-4)12(7-10)14-17-11(8-16)9-19-14/h5-7,9H,8,16H2,1-4H3. The van der Waals surface area contributed by atoms with Gasteiger partial charge in [0.2, 0.25) is 0 Å². The molecule has 0 aliphatic rings. The lowest BCUT2D eigenvalue weighted by atomic mass is 9.86. The van der Waals surface area contributed by atoms with Crippen LogP contribution < -0.4 is 10.5 Å². The van der Waals surface area contributed by atoms with E-state index in [4.69, 9.17) is 10.5 Å². The lowest BCUT2D eigenvalue weighted by Crippen LogP contribution is -2.11. The largest absolute Gasteiger partial charge is 0.496 e. The number of thiazole rings is 1. The molecule has 0 amide bonds. The highest BCUT2D eigenvalue weighted by molar-refractivity contribution is 7.13. The van der Waals surface area contributed by atoms with Gasteiger partial charge < -0.3 is 10.5 Å². The minimum atomic E-state index is 0.106. The molecule has 2 N–H and O–H groups in total. The van der Waals surface area contributed by atoms with Gasteiger partial charge in [-0.1, -0.05) is 26.8 Å². The number of nitrogens with zero attached hydrogens (tertiary/aromatic N) is 1. The van der Waals surface area contributed by atoms with Gasteiger partial charge in [-0.2, -0.15) is 0 Å². The number of nitrogens with two attached hydrogens (primary N) is 1. The second-order valence-electron chi connectivity index (χ2n) is 5.51. The van der Waals surface area contributed by atoms with Gasteiger partial charge in [0.15, 0.2) is 0 Å². The fourth-order valence-corrected chi connectivity index (χ4v) is 2.72. The molecule has 0 unspecified atom stereocenters. The molecule has 0 fully saturated rings. The van der Waals surface area contributed by atoms with Crippen LogP contribution in [-0.4, -0.2) is 12.1 Å². The number of benzene rings is 1. The number of hydrogen-bond acceptors (Lipinski definition) is 4. The van der Waals surface area contributed by atoms with Crippen molar-refractivity contribution in [1.82, 2.24) is 4.98 Å². The maximum atomic E-state index is 5.62. The van der Waals surface area contributed by atoms with Crippen LogP contribution in [-0.2, 0) is 12.0 Å². The van der Waals surface area contributed by atoms with E-state index in [1.807, 2.05) is 11.4 Å². The molecule has 0 spiro atoms. The third kappa shape index (κ3) is 2.96. The second-order valence-corrected chi connectivity index (χ2v) is 6.37. The third-order valence-corrected chi connectivity index (χ3v) is 3.98. The first kappa shape index (κ1) is 14.0. The van der Waals surface area contributed by atoms with E-state index in [2.05, 4.69) is 37.9 Å². The van der Waals surface area contributed by atoms with Crippen molar-refractivity contribution in [2.45, 2.75) is 32.7 Å². The fraction of sp³-hybridized carbons (Fsp3) is 0.400. The smallest absolute Gasteiger partial charge is 0.129 e. The van der Waals surface area contributed by atoms with Gasteiger partial charge in [0.05, 0.1) is 18.4 Å². The van der Waals surface area contributed by atoms with Crippen LogP contribution in [0.3, 0.4) is 0 Å². The normalized spacial score (nSPS) is 11.6. The quantitative estimate of drug-likeness (QED) is 0.932. The van der Waals surface area contributed by atoms with E-state index < -0.39 is 0 Å². The fourth-order valence-electron chi connectivity index (χ4n) is 1.87. The van der Waals surface area contributed by atoms with Crippen LogP contribution >= 0.6 is 11.3 Å². The number of ether oxygens (including phenoxy) is 1. The van der Waals surface area contributed by atoms with Crippen LogP contribution in [0.2, 0.25) is 0 Å². The van der Waals surface area contributed by atoms with Crippen molar-refractivity contribution in [2.24, 2.45) is 5.73 Å². The molecule has 1 heterocycles. The molecule has 0 aliphatic carbocycles. The van der Waals surface area contributed by atoms with Gasteiger partial charge in [-0.3, -0.25) is 0 Å². The number of aromatic nitrogens is 1. The number of methoxy groups -OCH3 is 1. The average molecular weight is 276 g/mol. The Morgan fingerprint density at radius 2 is 2.05 bits per heavy atom. The van der Waals surface area contributed by atoms with E-state index in [9.17, 15) is 0 Å². The molecule has 0 bridgehead atoms. The molecule has 0 saturated heterocycles. The predicted octanol–water partition coefficient (Wildman–Crippen LogP) is 3.57. The van der Waals surface area contributed by atoms with Crippen molar-refractivity contribution >= 4 is 11.3 Å². The van der Waals surface area contributed by atoms with Gasteiger partial charge in [-0.05, 0) is 23.1 Å². The molecule has 1 aromatic heterocycles. The summed E-state index contributed by atoms with van der Waals surface area (Å²) in [5, 5.41) is 2.96. The summed E-state index contributed by atoms with van der Waals surface area (Å²) >= 11 is 1.60. The molecular formula is C15H20N2OS. The van der Waals surface area contributed by atoms with Gasteiger partial charge in [0.1, 0.15) is 10.8 Å². The van der Waals surface area contributed by atoms with E-state index >= 15 is 0 Å². The van der Waals surface area contributed by atoms with Gasteiger partial charge in [0, 0.05) is 11.9 Å². The molecule has 0 saturated carbocycles. The highest BCUT2D eigenvalue weighted by Gasteiger charge is 2.18. The van der Waals surface area contributed by atoms with Gasteiger partial charge in [-0.25, -0.2) is 4.98 Å². The zero-order chi connectivity index (χ0) is 14.0. The Balaban J connectivity index is 2.53. The maximum absolute atomic E-state index is 5.62. The summed E-state index contributed by atoms with van der Waals surface area (Å²) in [6.45, 7) is 7.07. The summed E-state index contributed by atoms with van der Waals surface area (Å²) in [5.74, 6) is 0.853. The molecule has 1 aromatic carbocycles. The lowest BCUT2D eigenvalue weighted by molar-refractivity contribution is 0.416. The van der Waals surface area contributed by atoms with Crippen LogP contribution in [0.4, 0.5) is 0 Å². The summed E-state index contributed by atoms with van der Waals surface area (Å²) in [5.41, 5.74) is 8.96. The highest BCUT2D eigenvalue weighted by atomic mass is 32.1. The van der Waals surface area contributed by atoms with Gasteiger partial charge >= 0.3 is 0 Å². The van der Waals surface area contributed by atoms with E-state index in [1.165, 1.54) is 5.56 Å². The predicted molar refractivity (Wildman–Crippen MR) is 80.7 cm³/mol. The topological polar surface area (TPSA) is 48.1 Å². The zero-order valence-corrected chi connectivity index (χ0v) is 12.7. The van der Waals surface area contributed by atoms with Crippen LogP contribution in [0.1, 0.15) is 32.0 Å². The Bertz CT molecular complexity index is 570. The van der Waals surface area contributed by atoms with Crippen molar-refractivity contribution in [3.05, 3.63) is 34.8 Å². The van der Waals surface area contributed by atoms with Crippen molar-refractivity contribution in [1.29, 1.82) is 0 Å². The Hall–Kier alpha value is -1.39. The number of rotatable bonds is 3. The van der Waals surface area contributed by atoms with E-state index in [0.717, 1.165) is 22.0 Å². The Labute approximate surface area is 118 Å². The Morgan fingerprint density at radius 1 is 1.32 bits per heavy atom. The van der Waals surface area contributed by atoms with Crippen molar-refractivity contribution in [3.8, 4) is 16.3 Å². The molecule has 4 heteroatoms. The van der Waals surface area contributed by atoms with Crippen molar-refractivity contribution in [3.63, 3.8) is 0 Å².